The van der Waals surface area contributed by atoms with Crippen molar-refractivity contribution in [2.45, 2.75) is 18.9 Å². The minimum atomic E-state index is -0.364. The Hall–Kier alpha value is -1.63. The molecule has 1 aliphatic carbocycles. The molecular formula is C15H13IN2O2. The second-order valence-electron chi connectivity index (χ2n) is 4.94. The number of hydrogen-bond acceptors (Lipinski definition) is 3. The van der Waals surface area contributed by atoms with E-state index in [-0.39, 0.29) is 10.6 Å². The average molecular weight is 380 g/mol. The van der Waals surface area contributed by atoms with E-state index < -0.39 is 0 Å². The minimum absolute atomic E-state index is 0.134. The van der Waals surface area contributed by atoms with Gasteiger partial charge >= 0.3 is 0 Å². The van der Waals surface area contributed by atoms with Crippen LogP contribution in [0.4, 0.5) is 11.4 Å². The number of nitro benzene ring substituents is 1. The third kappa shape index (κ3) is 2.63. The first-order valence-corrected chi connectivity index (χ1v) is 7.48. The molecule has 2 aromatic carbocycles. The highest BCUT2D eigenvalue weighted by Gasteiger charge is 2.21. The monoisotopic (exact) mass is 380 g/mol. The van der Waals surface area contributed by atoms with Crippen molar-refractivity contribution in [3.8, 4) is 0 Å². The third-order valence-electron chi connectivity index (χ3n) is 3.57. The molecule has 0 bridgehead atoms. The summed E-state index contributed by atoms with van der Waals surface area (Å²) in [6.07, 6.45) is 2.01. The molecule has 0 atom stereocenters. The second-order valence-corrected chi connectivity index (χ2v) is 6.10. The summed E-state index contributed by atoms with van der Waals surface area (Å²) in [6, 6.07) is 13.8. The number of non-ortho nitro benzene ring substituents is 1. The molecule has 0 spiro atoms. The maximum Gasteiger partial charge on any atom is 0.270 e. The summed E-state index contributed by atoms with van der Waals surface area (Å²) in [5, 5.41) is 14.2. The van der Waals surface area contributed by atoms with E-state index >= 15 is 0 Å². The molecule has 0 amide bonds. The highest BCUT2D eigenvalue weighted by molar-refractivity contribution is 14.1. The van der Waals surface area contributed by atoms with Crippen LogP contribution in [0.15, 0.2) is 42.5 Å². The number of halogens is 1. The van der Waals surface area contributed by atoms with Gasteiger partial charge in [-0.3, -0.25) is 10.1 Å². The normalized spacial score (nSPS) is 14.1. The number of anilines is 1. The summed E-state index contributed by atoms with van der Waals surface area (Å²) in [6.45, 7) is 0. The van der Waals surface area contributed by atoms with E-state index in [1.165, 1.54) is 11.1 Å². The lowest BCUT2D eigenvalue weighted by Crippen LogP contribution is -2.20. The Balaban J connectivity index is 1.75. The van der Waals surface area contributed by atoms with Crippen molar-refractivity contribution in [2.24, 2.45) is 0 Å². The average Bonchev–Trinajstić information content (AvgIpc) is 2.83. The summed E-state index contributed by atoms with van der Waals surface area (Å²) >= 11 is 2.14. The van der Waals surface area contributed by atoms with E-state index in [1.807, 2.05) is 0 Å². The SMILES string of the molecule is O=[N+]([O-])c1ccc(NC2Cc3ccccc3C2)c(I)c1. The first kappa shape index (κ1) is 13.4. The number of rotatable bonds is 3. The maximum atomic E-state index is 10.7. The molecule has 0 aromatic heterocycles. The van der Waals surface area contributed by atoms with Gasteiger partial charge in [-0.05, 0) is 52.6 Å². The van der Waals surface area contributed by atoms with Crippen molar-refractivity contribution in [1.82, 2.24) is 0 Å². The van der Waals surface area contributed by atoms with E-state index in [9.17, 15) is 10.1 Å². The maximum absolute atomic E-state index is 10.7. The fraction of sp³-hybridized carbons (Fsp3) is 0.200. The number of nitrogens with zero attached hydrogens (tertiary/aromatic N) is 1. The molecule has 0 unspecified atom stereocenters. The van der Waals surface area contributed by atoms with E-state index in [2.05, 4.69) is 52.2 Å². The molecule has 2 aromatic rings. The van der Waals surface area contributed by atoms with Crippen LogP contribution in [0.2, 0.25) is 0 Å². The highest BCUT2D eigenvalue weighted by atomic mass is 127. The number of hydrogen-bond donors (Lipinski definition) is 1. The summed E-state index contributed by atoms with van der Waals surface area (Å²) in [4.78, 5) is 10.4. The van der Waals surface area contributed by atoms with Crippen LogP contribution in [0.5, 0.6) is 0 Å². The van der Waals surface area contributed by atoms with Gasteiger partial charge in [0.15, 0.2) is 0 Å². The zero-order chi connectivity index (χ0) is 14.1. The molecule has 0 fully saturated rings. The lowest BCUT2D eigenvalue weighted by Gasteiger charge is -2.14. The van der Waals surface area contributed by atoms with Gasteiger partial charge in [-0.15, -0.1) is 0 Å². The number of benzene rings is 2. The summed E-state index contributed by atoms with van der Waals surface area (Å²) in [5.41, 5.74) is 3.88. The Morgan fingerprint density at radius 3 is 2.35 bits per heavy atom. The van der Waals surface area contributed by atoms with Crippen molar-refractivity contribution in [2.75, 3.05) is 5.32 Å². The van der Waals surface area contributed by atoms with Crippen LogP contribution < -0.4 is 5.32 Å². The predicted molar refractivity (Wildman–Crippen MR) is 87.1 cm³/mol. The Bertz CT molecular complexity index is 648. The molecule has 0 radical (unpaired) electrons. The number of fused-ring (bicyclic) bond motifs is 1. The van der Waals surface area contributed by atoms with Gasteiger partial charge in [0.1, 0.15) is 0 Å². The molecule has 1 aliphatic rings. The number of nitro groups is 1. The Labute approximate surface area is 130 Å². The third-order valence-corrected chi connectivity index (χ3v) is 4.47. The van der Waals surface area contributed by atoms with Crippen LogP contribution in [-0.2, 0) is 12.8 Å². The lowest BCUT2D eigenvalue weighted by molar-refractivity contribution is -0.384. The molecule has 0 heterocycles. The molecule has 1 N–H and O–H groups in total. The molecule has 0 saturated carbocycles. The quantitative estimate of drug-likeness (QED) is 0.501. The first-order chi connectivity index (χ1) is 9.63. The van der Waals surface area contributed by atoms with Crippen molar-refractivity contribution in [3.05, 3.63) is 67.3 Å². The molecule has 20 heavy (non-hydrogen) atoms. The zero-order valence-electron chi connectivity index (χ0n) is 10.7. The Kier molecular flexibility index (Phi) is 3.60. The lowest BCUT2D eigenvalue weighted by atomic mass is 10.1. The van der Waals surface area contributed by atoms with Crippen LogP contribution in [-0.4, -0.2) is 11.0 Å². The van der Waals surface area contributed by atoms with Crippen LogP contribution in [0.25, 0.3) is 0 Å². The van der Waals surface area contributed by atoms with Crippen molar-refractivity contribution >= 4 is 34.0 Å². The molecule has 0 aliphatic heterocycles. The van der Waals surface area contributed by atoms with E-state index in [1.54, 1.807) is 18.2 Å². The summed E-state index contributed by atoms with van der Waals surface area (Å²) in [7, 11) is 0. The van der Waals surface area contributed by atoms with Gasteiger partial charge in [-0.2, -0.15) is 0 Å². The fourth-order valence-electron chi connectivity index (χ4n) is 2.62. The summed E-state index contributed by atoms with van der Waals surface area (Å²) in [5.74, 6) is 0. The van der Waals surface area contributed by atoms with Crippen LogP contribution in [0.3, 0.4) is 0 Å². The zero-order valence-corrected chi connectivity index (χ0v) is 12.8. The van der Waals surface area contributed by atoms with Crippen molar-refractivity contribution < 1.29 is 4.92 Å². The smallest absolute Gasteiger partial charge is 0.270 e. The Morgan fingerprint density at radius 1 is 1.15 bits per heavy atom. The number of nitrogens with one attached hydrogen (secondary N) is 1. The van der Waals surface area contributed by atoms with Gasteiger partial charge in [-0.1, -0.05) is 24.3 Å². The van der Waals surface area contributed by atoms with Gasteiger partial charge in [-0.25, -0.2) is 0 Å². The van der Waals surface area contributed by atoms with Gasteiger partial charge in [0.05, 0.1) is 4.92 Å². The van der Waals surface area contributed by atoms with Gasteiger partial charge in [0.2, 0.25) is 0 Å². The Morgan fingerprint density at radius 2 is 1.80 bits per heavy atom. The molecule has 3 rings (SSSR count). The standard InChI is InChI=1S/C15H13IN2O2/c16-14-9-13(18(19)20)5-6-15(14)17-12-7-10-3-1-2-4-11(10)8-12/h1-6,9,12,17H,7-8H2. The molecule has 0 saturated heterocycles. The summed E-state index contributed by atoms with van der Waals surface area (Å²) < 4.78 is 0.882. The van der Waals surface area contributed by atoms with E-state index in [4.69, 9.17) is 0 Å². The van der Waals surface area contributed by atoms with Gasteiger partial charge < -0.3 is 5.32 Å². The van der Waals surface area contributed by atoms with Gasteiger partial charge in [0, 0.05) is 27.4 Å². The molecular weight excluding hydrogens is 367 g/mol. The molecule has 102 valence electrons. The largest absolute Gasteiger partial charge is 0.381 e. The van der Waals surface area contributed by atoms with Crippen LogP contribution >= 0.6 is 22.6 Å². The van der Waals surface area contributed by atoms with E-state index in [0.717, 1.165) is 22.1 Å². The minimum Gasteiger partial charge on any atom is -0.381 e. The van der Waals surface area contributed by atoms with Crippen molar-refractivity contribution in [3.63, 3.8) is 0 Å². The van der Waals surface area contributed by atoms with Gasteiger partial charge in [0.25, 0.3) is 5.69 Å². The van der Waals surface area contributed by atoms with Crippen LogP contribution in [0.1, 0.15) is 11.1 Å². The predicted octanol–water partition coefficient (Wildman–Crippen LogP) is 3.78. The first-order valence-electron chi connectivity index (χ1n) is 6.41. The molecule has 4 nitrogen and oxygen atoms in total. The van der Waals surface area contributed by atoms with Crippen molar-refractivity contribution in [1.29, 1.82) is 0 Å². The van der Waals surface area contributed by atoms with Crippen LogP contribution in [0, 0.1) is 13.7 Å². The topological polar surface area (TPSA) is 55.2 Å². The highest BCUT2D eigenvalue weighted by Crippen LogP contribution is 2.28. The second kappa shape index (κ2) is 5.40. The fourth-order valence-corrected chi connectivity index (χ4v) is 3.27. The molecule has 5 heteroatoms. The van der Waals surface area contributed by atoms with E-state index in [0.29, 0.717) is 6.04 Å².